The average Bonchev–Trinajstić information content (AvgIpc) is 3.26. The lowest BCUT2D eigenvalue weighted by atomic mass is 9.95. The highest BCUT2D eigenvalue weighted by atomic mass is 19.1. The molecular formula is C20H19FN4. The Bertz CT molecular complexity index is 1060. The average molecular weight is 334 g/mol. The highest BCUT2D eigenvalue weighted by Gasteiger charge is 2.23. The minimum absolute atomic E-state index is 0.423. The Hall–Kier alpha value is -2.69. The number of aromatic nitrogens is 4. The summed E-state index contributed by atoms with van der Waals surface area (Å²) in [5.41, 5.74) is 3.74. The Balaban J connectivity index is 1.84. The van der Waals surface area contributed by atoms with Crippen molar-refractivity contribution in [1.29, 1.82) is 0 Å². The maximum atomic E-state index is 13.7. The lowest BCUT2D eigenvalue weighted by Crippen LogP contribution is -2.14. The zero-order valence-corrected chi connectivity index (χ0v) is 13.9. The van der Waals surface area contributed by atoms with Gasteiger partial charge in [0.15, 0.2) is 0 Å². The van der Waals surface area contributed by atoms with Gasteiger partial charge in [-0.1, -0.05) is 25.3 Å². The first-order valence-electron chi connectivity index (χ1n) is 8.91. The van der Waals surface area contributed by atoms with Crippen molar-refractivity contribution in [3.05, 3.63) is 48.7 Å². The van der Waals surface area contributed by atoms with Crippen molar-refractivity contribution in [2.24, 2.45) is 0 Å². The van der Waals surface area contributed by atoms with Crippen molar-refractivity contribution in [1.82, 2.24) is 19.5 Å². The summed E-state index contributed by atoms with van der Waals surface area (Å²) in [6, 6.07) is 9.61. The first kappa shape index (κ1) is 14.6. The van der Waals surface area contributed by atoms with Crippen molar-refractivity contribution in [3.8, 4) is 11.4 Å². The summed E-state index contributed by atoms with van der Waals surface area (Å²) in [7, 11) is 0. The second-order valence-electron chi connectivity index (χ2n) is 6.84. The zero-order valence-electron chi connectivity index (χ0n) is 13.9. The molecule has 25 heavy (non-hydrogen) atoms. The molecule has 4 nitrogen and oxygen atoms in total. The van der Waals surface area contributed by atoms with Crippen molar-refractivity contribution in [2.45, 2.75) is 38.1 Å². The number of nitrogens with zero attached hydrogens (tertiary/aromatic N) is 3. The van der Waals surface area contributed by atoms with Gasteiger partial charge in [-0.25, -0.2) is 9.97 Å². The summed E-state index contributed by atoms with van der Waals surface area (Å²) < 4.78 is 16.1. The minimum atomic E-state index is -0.442. The van der Waals surface area contributed by atoms with Crippen LogP contribution in [0.4, 0.5) is 4.39 Å². The number of halogens is 1. The highest BCUT2D eigenvalue weighted by Crippen LogP contribution is 2.39. The van der Waals surface area contributed by atoms with E-state index in [1.807, 2.05) is 18.5 Å². The van der Waals surface area contributed by atoms with Gasteiger partial charge in [0.25, 0.3) is 0 Å². The van der Waals surface area contributed by atoms with Gasteiger partial charge in [0.05, 0.1) is 16.9 Å². The van der Waals surface area contributed by atoms with E-state index in [-0.39, 0.29) is 0 Å². The molecule has 0 aromatic carbocycles. The Labute approximate surface area is 144 Å². The van der Waals surface area contributed by atoms with Crippen LogP contribution in [0.1, 0.15) is 38.1 Å². The van der Waals surface area contributed by atoms with Crippen molar-refractivity contribution >= 4 is 21.9 Å². The molecule has 1 aliphatic rings. The lowest BCUT2D eigenvalue weighted by Gasteiger charge is -2.26. The molecule has 5 rings (SSSR count). The third-order valence-electron chi connectivity index (χ3n) is 5.30. The maximum Gasteiger partial charge on any atom is 0.213 e. The maximum absolute atomic E-state index is 13.7. The van der Waals surface area contributed by atoms with Crippen LogP contribution in [0.15, 0.2) is 42.7 Å². The van der Waals surface area contributed by atoms with Gasteiger partial charge >= 0.3 is 0 Å². The fourth-order valence-electron chi connectivity index (χ4n) is 4.19. The number of nitrogens with one attached hydrogen (secondary N) is 1. The number of H-pyrrole nitrogens is 1. The molecule has 0 aliphatic heterocycles. The van der Waals surface area contributed by atoms with Gasteiger partial charge < -0.3 is 9.55 Å². The van der Waals surface area contributed by atoms with Crippen LogP contribution in [0.2, 0.25) is 0 Å². The number of pyridine rings is 2. The van der Waals surface area contributed by atoms with Gasteiger partial charge in [0.2, 0.25) is 5.95 Å². The molecule has 4 heterocycles. The summed E-state index contributed by atoms with van der Waals surface area (Å²) >= 11 is 0. The molecule has 126 valence electrons. The molecule has 0 saturated heterocycles. The third kappa shape index (κ3) is 2.34. The van der Waals surface area contributed by atoms with Crippen LogP contribution in [0.3, 0.4) is 0 Å². The zero-order chi connectivity index (χ0) is 16.8. The van der Waals surface area contributed by atoms with Crippen molar-refractivity contribution < 1.29 is 4.39 Å². The molecule has 4 aromatic rings. The molecule has 4 aromatic heterocycles. The molecule has 1 saturated carbocycles. The Morgan fingerprint density at radius 1 is 1.12 bits per heavy atom. The number of hydrogen-bond donors (Lipinski definition) is 1. The van der Waals surface area contributed by atoms with E-state index in [0.717, 1.165) is 35.0 Å². The SMILES string of the molecule is Fc1cccc(-c2cc3cnc4[nH]ccc4c3n2C2CCCCC2)n1. The molecular weight excluding hydrogens is 315 g/mol. The van der Waals surface area contributed by atoms with Crippen molar-refractivity contribution in [3.63, 3.8) is 0 Å². The van der Waals surface area contributed by atoms with Gasteiger partial charge in [-0.3, -0.25) is 0 Å². The molecule has 1 N–H and O–H groups in total. The van der Waals surface area contributed by atoms with E-state index in [4.69, 9.17) is 0 Å². The number of fused-ring (bicyclic) bond motifs is 3. The molecule has 5 heteroatoms. The third-order valence-corrected chi connectivity index (χ3v) is 5.30. The van der Waals surface area contributed by atoms with E-state index in [1.54, 1.807) is 6.07 Å². The lowest BCUT2D eigenvalue weighted by molar-refractivity contribution is 0.363. The van der Waals surface area contributed by atoms with E-state index < -0.39 is 5.95 Å². The first-order valence-corrected chi connectivity index (χ1v) is 8.91. The van der Waals surface area contributed by atoms with Crippen LogP contribution in [-0.2, 0) is 0 Å². The topological polar surface area (TPSA) is 46.5 Å². The van der Waals surface area contributed by atoms with E-state index >= 15 is 0 Å². The van der Waals surface area contributed by atoms with E-state index in [0.29, 0.717) is 11.7 Å². The van der Waals surface area contributed by atoms with Gasteiger partial charge in [0.1, 0.15) is 5.65 Å². The quantitative estimate of drug-likeness (QED) is 0.511. The number of rotatable bonds is 2. The number of hydrogen-bond acceptors (Lipinski definition) is 2. The first-order chi connectivity index (χ1) is 12.3. The molecule has 1 fully saturated rings. The van der Waals surface area contributed by atoms with Gasteiger partial charge in [0, 0.05) is 29.2 Å². The Kier molecular flexibility index (Phi) is 3.33. The molecule has 0 atom stereocenters. The van der Waals surface area contributed by atoms with Gasteiger partial charge in [-0.05, 0) is 37.1 Å². The van der Waals surface area contributed by atoms with Gasteiger partial charge in [-0.15, -0.1) is 0 Å². The van der Waals surface area contributed by atoms with E-state index in [1.165, 1.54) is 30.8 Å². The molecule has 0 bridgehead atoms. The Morgan fingerprint density at radius 3 is 2.84 bits per heavy atom. The molecule has 0 amide bonds. The minimum Gasteiger partial charge on any atom is -0.346 e. The highest BCUT2D eigenvalue weighted by molar-refractivity contribution is 6.04. The Morgan fingerprint density at radius 2 is 2.00 bits per heavy atom. The van der Waals surface area contributed by atoms with Crippen LogP contribution in [0, 0.1) is 5.95 Å². The van der Waals surface area contributed by atoms with Crippen LogP contribution in [0.5, 0.6) is 0 Å². The molecule has 0 unspecified atom stereocenters. The number of aromatic amines is 1. The summed E-state index contributed by atoms with van der Waals surface area (Å²) in [6.45, 7) is 0. The van der Waals surface area contributed by atoms with Gasteiger partial charge in [-0.2, -0.15) is 4.39 Å². The fourth-order valence-corrected chi connectivity index (χ4v) is 4.19. The summed E-state index contributed by atoms with van der Waals surface area (Å²) in [5.74, 6) is -0.442. The van der Waals surface area contributed by atoms with Crippen LogP contribution < -0.4 is 0 Å². The van der Waals surface area contributed by atoms with Crippen LogP contribution in [0.25, 0.3) is 33.3 Å². The predicted molar refractivity (Wildman–Crippen MR) is 96.9 cm³/mol. The van der Waals surface area contributed by atoms with E-state index in [9.17, 15) is 4.39 Å². The smallest absolute Gasteiger partial charge is 0.213 e. The monoisotopic (exact) mass is 334 g/mol. The predicted octanol–water partition coefficient (Wildman–Crippen LogP) is 5.22. The summed E-state index contributed by atoms with van der Waals surface area (Å²) in [6.07, 6.45) is 9.90. The molecule has 0 spiro atoms. The second kappa shape index (κ2) is 5.69. The normalized spacial score (nSPS) is 16.0. The second-order valence-corrected chi connectivity index (χ2v) is 6.84. The van der Waals surface area contributed by atoms with E-state index in [2.05, 4.69) is 31.7 Å². The fraction of sp³-hybridized carbons (Fsp3) is 0.300. The largest absolute Gasteiger partial charge is 0.346 e. The van der Waals surface area contributed by atoms with Crippen LogP contribution in [-0.4, -0.2) is 19.5 Å². The van der Waals surface area contributed by atoms with Crippen LogP contribution >= 0.6 is 0 Å². The molecule has 1 aliphatic carbocycles. The summed E-state index contributed by atoms with van der Waals surface area (Å²) in [4.78, 5) is 11.9. The standard InChI is InChI=1S/C20H19FN4/c21-18-8-4-7-16(24-18)17-11-13-12-23-20-15(9-10-22-20)19(13)25(17)14-5-2-1-3-6-14/h4,7-12,14H,1-3,5-6H2,(H,22,23). The molecule has 0 radical (unpaired) electrons. The van der Waals surface area contributed by atoms with Crippen molar-refractivity contribution in [2.75, 3.05) is 0 Å². The summed E-state index contributed by atoms with van der Waals surface area (Å²) in [5, 5.41) is 2.20.